The summed E-state index contributed by atoms with van der Waals surface area (Å²) in [4.78, 5) is 28.4. The lowest BCUT2D eigenvalue weighted by Crippen LogP contribution is -2.19. The van der Waals surface area contributed by atoms with Gasteiger partial charge in [0.2, 0.25) is 11.8 Å². The largest absolute Gasteiger partial charge is 0.339 e. The first-order chi connectivity index (χ1) is 12.4. The molecular formula is C18H23N5O3. The molecule has 8 nitrogen and oxygen atoms in total. The Kier molecular flexibility index (Phi) is 4.92. The quantitative estimate of drug-likeness (QED) is 0.731. The third-order valence-electron chi connectivity index (χ3n) is 4.35. The Bertz CT molecular complexity index is 996. The van der Waals surface area contributed by atoms with Crippen molar-refractivity contribution in [3.63, 3.8) is 0 Å². The van der Waals surface area contributed by atoms with Gasteiger partial charge in [-0.1, -0.05) is 19.0 Å². The van der Waals surface area contributed by atoms with E-state index in [0.29, 0.717) is 36.7 Å². The van der Waals surface area contributed by atoms with Gasteiger partial charge in [-0.15, -0.1) is 0 Å². The molecule has 8 heteroatoms. The van der Waals surface area contributed by atoms with E-state index in [-0.39, 0.29) is 17.5 Å². The number of benzene rings is 1. The van der Waals surface area contributed by atoms with Gasteiger partial charge < -0.3 is 9.84 Å². The Morgan fingerprint density at radius 1 is 1.23 bits per heavy atom. The van der Waals surface area contributed by atoms with Crippen LogP contribution in [-0.2, 0) is 25.3 Å². The Labute approximate surface area is 150 Å². The van der Waals surface area contributed by atoms with Gasteiger partial charge in [0.1, 0.15) is 0 Å². The number of aromatic nitrogens is 4. The van der Waals surface area contributed by atoms with Gasteiger partial charge in [-0.3, -0.25) is 13.9 Å². The molecule has 1 amide bonds. The zero-order valence-corrected chi connectivity index (χ0v) is 15.4. The summed E-state index contributed by atoms with van der Waals surface area (Å²) in [7, 11) is 3.44. The zero-order chi connectivity index (χ0) is 18.8. The maximum Gasteiger partial charge on any atom is 0.328 e. The van der Waals surface area contributed by atoms with Gasteiger partial charge in [-0.05, 0) is 24.6 Å². The second-order valence-corrected chi connectivity index (χ2v) is 6.71. The lowest BCUT2D eigenvalue weighted by Gasteiger charge is -2.05. The van der Waals surface area contributed by atoms with Crippen molar-refractivity contribution in [2.75, 3.05) is 5.32 Å². The lowest BCUT2D eigenvalue weighted by atomic mass is 10.2. The molecule has 0 saturated carbocycles. The molecule has 26 heavy (non-hydrogen) atoms. The van der Waals surface area contributed by atoms with Gasteiger partial charge >= 0.3 is 5.69 Å². The first-order valence-electron chi connectivity index (χ1n) is 8.64. The van der Waals surface area contributed by atoms with Crippen LogP contribution in [0.15, 0.2) is 27.5 Å². The fourth-order valence-electron chi connectivity index (χ4n) is 2.81. The molecule has 0 aliphatic carbocycles. The molecule has 0 spiro atoms. The summed E-state index contributed by atoms with van der Waals surface area (Å²) in [6.07, 6.45) is 1.54. The Hall–Kier alpha value is -2.90. The number of amides is 1. The number of anilines is 1. The fourth-order valence-corrected chi connectivity index (χ4v) is 2.81. The summed E-state index contributed by atoms with van der Waals surface area (Å²) >= 11 is 0. The summed E-state index contributed by atoms with van der Waals surface area (Å²) in [5.74, 6) is 1.38. The molecule has 0 radical (unpaired) electrons. The third-order valence-corrected chi connectivity index (χ3v) is 4.35. The number of carbonyl (C=O) groups excluding carboxylic acids is 1. The van der Waals surface area contributed by atoms with E-state index in [2.05, 4.69) is 15.5 Å². The molecule has 0 fully saturated rings. The fraction of sp³-hybridized carbons (Fsp3) is 0.444. The van der Waals surface area contributed by atoms with Crippen LogP contribution in [0.4, 0.5) is 5.69 Å². The van der Waals surface area contributed by atoms with Crippen LogP contribution in [0.3, 0.4) is 0 Å². The van der Waals surface area contributed by atoms with Crippen LogP contribution in [0.5, 0.6) is 0 Å². The summed E-state index contributed by atoms with van der Waals surface area (Å²) in [6, 6.07) is 5.44. The highest BCUT2D eigenvalue weighted by atomic mass is 16.5. The predicted molar refractivity (Wildman–Crippen MR) is 98.1 cm³/mol. The van der Waals surface area contributed by atoms with Crippen LogP contribution in [0.1, 0.15) is 44.3 Å². The van der Waals surface area contributed by atoms with Crippen LogP contribution in [0, 0.1) is 0 Å². The molecule has 3 rings (SSSR count). The van der Waals surface area contributed by atoms with E-state index in [4.69, 9.17) is 4.52 Å². The van der Waals surface area contributed by atoms with E-state index in [0.717, 1.165) is 11.0 Å². The average Bonchev–Trinajstić information content (AvgIpc) is 3.15. The Morgan fingerprint density at radius 3 is 2.65 bits per heavy atom. The molecule has 0 atom stereocenters. The molecule has 138 valence electrons. The van der Waals surface area contributed by atoms with E-state index in [1.54, 1.807) is 29.3 Å². The summed E-state index contributed by atoms with van der Waals surface area (Å²) in [5.41, 5.74) is 2.18. The SMILES string of the molecule is CC(C)c1noc(CCCC(=O)Nc2ccc3c(c2)n(C)c(=O)n3C)n1. The van der Waals surface area contributed by atoms with Gasteiger partial charge in [0.05, 0.1) is 11.0 Å². The number of hydrogen-bond acceptors (Lipinski definition) is 5. The Balaban J connectivity index is 1.58. The van der Waals surface area contributed by atoms with Crippen LogP contribution in [0.25, 0.3) is 11.0 Å². The van der Waals surface area contributed by atoms with Gasteiger partial charge in [-0.25, -0.2) is 4.79 Å². The molecule has 0 aliphatic rings. The highest BCUT2D eigenvalue weighted by molar-refractivity contribution is 5.93. The number of hydrogen-bond donors (Lipinski definition) is 1. The number of carbonyl (C=O) groups is 1. The molecule has 0 unspecified atom stereocenters. The minimum Gasteiger partial charge on any atom is -0.339 e. The second-order valence-electron chi connectivity index (χ2n) is 6.71. The molecule has 1 aromatic carbocycles. The Morgan fingerprint density at radius 2 is 1.96 bits per heavy atom. The number of imidazole rings is 1. The van der Waals surface area contributed by atoms with Crippen LogP contribution in [-0.4, -0.2) is 25.2 Å². The molecule has 3 aromatic rings. The van der Waals surface area contributed by atoms with Crippen molar-refractivity contribution in [3.05, 3.63) is 40.4 Å². The summed E-state index contributed by atoms with van der Waals surface area (Å²) < 4.78 is 8.32. The van der Waals surface area contributed by atoms with E-state index in [1.807, 2.05) is 26.0 Å². The number of aryl methyl sites for hydroxylation is 3. The highest BCUT2D eigenvalue weighted by Gasteiger charge is 2.12. The topological polar surface area (TPSA) is 95.0 Å². The standard InChI is InChI=1S/C18H23N5O3/c1-11(2)17-20-16(26-21-17)7-5-6-15(24)19-12-8-9-13-14(10-12)23(4)18(25)22(13)3/h8-11H,5-7H2,1-4H3,(H,19,24). The highest BCUT2D eigenvalue weighted by Crippen LogP contribution is 2.18. The summed E-state index contributed by atoms with van der Waals surface area (Å²) in [5, 5.41) is 6.78. The number of nitrogens with zero attached hydrogens (tertiary/aromatic N) is 4. The minimum atomic E-state index is -0.0937. The van der Waals surface area contributed by atoms with Gasteiger partial charge in [0.15, 0.2) is 5.82 Å². The first-order valence-corrected chi connectivity index (χ1v) is 8.64. The molecule has 0 aliphatic heterocycles. The predicted octanol–water partition coefficient (Wildman–Crippen LogP) is 2.34. The first kappa shape index (κ1) is 17.9. The number of nitrogens with one attached hydrogen (secondary N) is 1. The van der Waals surface area contributed by atoms with Crippen molar-refractivity contribution < 1.29 is 9.32 Å². The zero-order valence-electron chi connectivity index (χ0n) is 15.4. The smallest absolute Gasteiger partial charge is 0.328 e. The van der Waals surface area contributed by atoms with Crippen molar-refractivity contribution in [2.45, 2.75) is 39.0 Å². The van der Waals surface area contributed by atoms with Crippen molar-refractivity contribution in [3.8, 4) is 0 Å². The second kappa shape index (κ2) is 7.15. The maximum absolute atomic E-state index is 12.2. The molecule has 2 aromatic heterocycles. The van der Waals surface area contributed by atoms with Crippen molar-refractivity contribution in [1.29, 1.82) is 0 Å². The third kappa shape index (κ3) is 3.54. The van der Waals surface area contributed by atoms with E-state index in [1.165, 1.54) is 0 Å². The van der Waals surface area contributed by atoms with Crippen LogP contribution < -0.4 is 11.0 Å². The van der Waals surface area contributed by atoms with Crippen molar-refractivity contribution >= 4 is 22.6 Å². The van der Waals surface area contributed by atoms with Gasteiger partial charge in [-0.2, -0.15) is 4.98 Å². The van der Waals surface area contributed by atoms with E-state index in [9.17, 15) is 9.59 Å². The molecule has 0 bridgehead atoms. The molecule has 2 heterocycles. The van der Waals surface area contributed by atoms with Crippen molar-refractivity contribution in [2.24, 2.45) is 14.1 Å². The molecule has 1 N–H and O–H groups in total. The lowest BCUT2D eigenvalue weighted by molar-refractivity contribution is -0.116. The molecule has 0 saturated heterocycles. The number of fused-ring (bicyclic) bond motifs is 1. The molecular weight excluding hydrogens is 334 g/mol. The number of rotatable bonds is 6. The minimum absolute atomic E-state index is 0.0890. The van der Waals surface area contributed by atoms with Crippen LogP contribution >= 0.6 is 0 Å². The van der Waals surface area contributed by atoms with E-state index < -0.39 is 0 Å². The van der Waals surface area contributed by atoms with Gasteiger partial charge in [0, 0.05) is 38.5 Å². The monoisotopic (exact) mass is 357 g/mol. The average molecular weight is 357 g/mol. The maximum atomic E-state index is 12.2. The van der Waals surface area contributed by atoms with Crippen molar-refractivity contribution in [1.82, 2.24) is 19.3 Å². The van der Waals surface area contributed by atoms with Gasteiger partial charge in [0.25, 0.3) is 0 Å². The normalized spacial score (nSPS) is 11.4. The van der Waals surface area contributed by atoms with Crippen LogP contribution in [0.2, 0.25) is 0 Å². The van der Waals surface area contributed by atoms with E-state index >= 15 is 0 Å². The summed E-state index contributed by atoms with van der Waals surface area (Å²) in [6.45, 7) is 4.00.